The van der Waals surface area contributed by atoms with Gasteiger partial charge < -0.3 is 9.74 Å². The van der Waals surface area contributed by atoms with E-state index in [2.05, 4.69) is 84.2 Å². The molecule has 1 atom stereocenters. The van der Waals surface area contributed by atoms with Crippen molar-refractivity contribution in [2.24, 2.45) is 16.4 Å². The topological polar surface area (TPSA) is 104 Å². The minimum absolute atomic E-state index is 0.0818. The summed E-state index contributed by atoms with van der Waals surface area (Å²) >= 11 is 0. The van der Waals surface area contributed by atoms with Crippen molar-refractivity contribution >= 4 is 5.90 Å². The molecule has 0 saturated carbocycles. The third-order valence-electron chi connectivity index (χ3n) is 8.05. The summed E-state index contributed by atoms with van der Waals surface area (Å²) in [6, 6.07) is 17.9. The number of likely N-dealkylation sites (N-methyl/N-ethyl adjacent to an activating group) is 1. The van der Waals surface area contributed by atoms with E-state index in [-0.39, 0.29) is 11.3 Å². The minimum Gasteiger partial charge on any atom is -0.374 e. The third kappa shape index (κ3) is 6.21. The first-order valence-corrected chi connectivity index (χ1v) is 13.9. The van der Waals surface area contributed by atoms with Gasteiger partial charge in [0.2, 0.25) is 5.90 Å². The molecule has 4 rings (SSSR count). The number of hydrogen-bond donors (Lipinski definition) is 3. The molecular weight excluding hydrogens is 486 g/mol. The van der Waals surface area contributed by atoms with Gasteiger partial charge in [-0.3, -0.25) is 5.41 Å². The van der Waals surface area contributed by atoms with Crippen LogP contribution in [0.4, 0.5) is 0 Å². The highest BCUT2D eigenvalue weighted by molar-refractivity contribution is 5.91. The van der Waals surface area contributed by atoms with Crippen LogP contribution < -0.4 is 11.4 Å². The van der Waals surface area contributed by atoms with Crippen LogP contribution >= 0.6 is 0 Å². The predicted octanol–water partition coefficient (Wildman–Crippen LogP) is 7.27. The van der Waals surface area contributed by atoms with Crippen LogP contribution in [0.15, 0.2) is 95.0 Å². The van der Waals surface area contributed by atoms with Crippen molar-refractivity contribution in [3.05, 3.63) is 111 Å². The highest BCUT2D eigenvalue weighted by atomic mass is 16.7. The number of rotatable bonds is 9. The van der Waals surface area contributed by atoms with E-state index in [0.29, 0.717) is 18.4 Å². The number of nitrogens with zero attached hydrogens (tertiary/aromatic N) is 2. The van der Waals surface area contributed by atoms with Crippen molar-refractivity contribution in [3.8, 4) is 0 Å². The lowest BCUT2D eigenvalue weighted by molar-refractivity contribution is 0.183. The summed E-state index contributed by atoms with van der Waals surface area (Å²) < 4.78 is 0. The average Bonchev–Trinajstić information content (AvgIpc) is 3.22. The molecule has 1 aliphatic heterocycles. The molecule has 4 N–H and O–H groups in total. The second-order valence-electron chi connectivity index (χ2n) is 10.2. The van der Waals surface area contributed by atoms with Crippen LogP contribution in [0.25, 0.3) is 0 Å². The van der Waals surface area contributed by atoms with Crippen molar-refractivity contribution in [1.29, 1.82) is 5.41 Å². The van der Waals surface area contributed by atoms with Crippen LogP contribution in [0, 0.1) is 15.7 Å². The Balaban J connectivity index is 0.000000219. The lowest BCUT2D eigenvalue weighted by atomic mass is 9.74. The van der Waals surface area contributed by atoms with Crippen LogP contribution in [0.2, 0.25) is 0 Å². The Morgan fingerprint density at radius 3 is 2.28 bits per heavy atom. The first kappa shape index (κ1) is 30.0. The number of fused-ring (bicyclic) bond motifs is 1. The number of allylic oxidation sites excluding steroid dienone is 5. The molecule has 2 aromatic rings. The molecule has 1 heterocycles. The van der Waals surface area contributed by atoms with Crippen LogP contribution in [-0.4, -0.2) is 17.3 Å². The highest BCUT2D eigenvalue weighted by Crippen LogP contribution is 2.53. The standard InChI is InChI=1S/C20H25N.C12H18N4O2/c1-4-19-20(3,15-16-11-7-6-8-12-16)17-13-9-10-14-18(17)21(19)5-2;1-3-12(4-2,15-17)10-7-5-9(6-8-10)11(13)18-16-14/h4,6-8,11-14H,5,9-10,15H2,1-3H3;5-8,13,16H,3-4,14H2,1-2H3/b19-4-;. The van der Waals surface area contributed by atoms with Crippen molar-refractivity contribution in [2.75, 3.05) is 6.54 Å². The SMILES string of the molecule is C/C=C1\N(CC)C2=CCCC=C2C1(C)Cc1ccccc1.CCC(CC)(N=O)c1ccc(C(=N)ONN)cc1. The zero-order valence-electron chi connectivity index (χ0n) is 24.0. The van der Waals surface area contributed by atoms with Gasteiger partial charge in [-0.05, 0) is 81.7 Å². The van der Waals surface area contributed by atoms with E-state index >= 15 is 0 Å². The maximum Gasteiger partial charge on any atom is 0.239 e. The van der Waals surface area contributed by atoms with E-state index in [0.717, 1.165) is 18.5 Å². The fraction of sp³-hybridized carbons (Fsp3) is 0.406. The number of nitroso groups, excluding NO2 is 1. The molecule has 7 heteroatoms. The quantitative estimate of drug-likeness (QED) is 0.104. The highest BCUT2D eigenvalue weighted by Gasteiger charge is 2.45. The Morgan fingerprint density at radius 1 is 1.10 bits per heavy atom. The van der Waals surface area contributed by atoms with Gasteiger partial charge in [0.15, 0.2) is 0 Å². The number of hydrogen-bond acceptors (Lipinski definition) is 7. The molecule has 0 radical (unpaired) electrons. The van der Waals surface area contributed by atoms with Gasteiger partial charge in [0.25, 0.3) is 0 Å². The fourth-order valence-electron chi connectivity index (χ4n) is 5.89. The average molecular weight is 530 g/mol. The summed E-state index contributed by atoms with van der Waals surface area (Å²) in [5.74, 6) is 4.88. The van der Waals surface area contributed by atoms with Gasteiger partial charge in [-0.25, -0.2) is 5.84 Å². The molecule has 1 aliphatic carbocycles. The number of nitrogens with two attached hydrogens (primary N) is 1. The lowest BCUT2D eigenvalue weighted by Gasteiger charge is -2.29. The molecule has 2 aliphatic rings. The second kappa shape index (κ2) is 13.5. The van der Waals surface area contributed by atoms with Crippen molar-refractivity contribution in [3.63, 3.8) is 0 Å². The molecule has 2 aromatic carbocycles. The van der Waals surface area contributed by atoms with Gasteiger partial charge >= 0.3 is 0 Å². The number of benzene rings is 2. The molecule has 208 valence electrons. The molecular formula is C32H43N5O2. The lowest BCUT2D eigenvalue weighted by Crippen LogP contribution is -2.26. The Kier molecular flexibility index (Phi) is 10.4. The summed E-state index contributed by atoms with van der Waals surface area (Å²) in [7, 11) is 0. The third-order valence-corrected chi connectivity index (χ3v) is 8.05. The van der Waals surface area contributed by atoms with Gasteiger partial charge in [0.05, 0.1) is 0 Å². The Bertz CT molecular complexity index is 1210. The summed E-state index contributed by atoms with van der Waals surface area (Å²) in [5.41, 5.74) is 8.67. The molecule has 1 unspecified atom stereocenters. The van der Waals surface area contributed by atoms with Crippen LogP contribution in [0.1, 0.15) is 77.0 Å². The molecule has 0 spiro atoms. The van der Waals surface area contributed by atoms with E-state index in [1.807, 2.05) is 19.4 Å². The Hall–Kier alpha value is -3.55. The van der Waals surface area contributed by atoms with Crippen molar-refractivity contribution < 1.29 is 4.84 Å². The summed E-state index contributed by atoms with van der Waals surface area (Å²) in [4.78, 5) is 18.2. The zero-order valence-corrected chi connectivity index (χ0v) is 24.0. The smallest absolute Gasteiger partial charge is 0.239 e. The second-order valence-corrected chi connectivity index (χ2v) is 10.2. The Morgan fingerprint density at radius 2 is 1.74 bits per heavy atom. The minimum atomic E-state index is -0.687. The van der Waals surface area contributed by atoms with E-state index in [4.69, 9.17) is 11.3 Å². The maximum absolute atomic E-state index is 11.1. The van der Waals surface area contributed by atoms with E-state index in [1.54, 1.807) is 24.3 Å². The van der Waals surface area contributed by atoms with Crippen LogP contribution in [0.3, 0.4) is 0 Å². The largest absolute Gasteiger partial charge is 0.374 e. The molecule has 0 bridgehead atoms. The molecule has 0 aromatic heterocycles. The van der Waals surface area contributed by atoms with Crippen molar-refractivity contribution in [2.45, 2.75) is 72.3 Å². The Labute approximate surface area is 233 Å². The first-order valence-electron chi connectivity index (χ1n) is 13.9. The summed E-state index contributed by atoms with van der Waals surface area (Å²) in [5, 5.41) is 10.8. The molecule has 0 amide bonds. The monoisotopic (exact) mass is 529 g/mol. The normalized spacial score (nSPS) is 19.4. The number of likely N-dealkylation sites (tertiary alicyclic amines) is 1. The van der Waals surface area contributed by atoms with Crippen LogP contribution in [-0.2, 0) is 16.8 Å². The summed E-state index contributed by atoms with van der Waals surface area (Å²) in [6.07, 6.45) is 11.9. The van der Waals surface area contributed by atoms with E-state index in [9.17, 15) is 4.91 Å². The van der Waals surface area contributed by atoms with Gasteiger partial charge in [0, 0.05) is 28.9 Å². The van der Waals surface area contributed by atoms with E-state index in [1.165, 1.54) is 35.4 Å². The maximum atomic E-state index is 11.1. The molecule has 1 saturated heterocycles. The number of hydrazine groups is 1. The van der Waals surface area contributed by atoms with Gasteiger partial charge in [-0.15, -0.1) is 4.91 Å². The van der Waals surface area contributed by atoms with Gasteiger partial charge in [-0.1, -0.05) is 85.3 Å². The predicted molar refractivity (Wildman–Crippen MR) is 160 cm³/mol. The number of nitrogens with one attached hydrogen (secondary N) is 2. The van der Waals surface area contributed by atoms with Gasteiger partial charge in [-0.2, -0.15) is 0 Å². The van der Waals surface area contributed by atoms with E-state index < -0.39 is 5.54 Å². The molecule has 7 nitrogen and oxygen atoms in total. The molecule has 1 fully saturated rings. The zero-order chi connectivity index (χ0) is 28.5. The first-order chi connectivity index (χ1) is 18.8. The van der Waals surface area contributed by atoms with Gasteiger partial charge in [0.1, 0.15) is 5.54 Å². The fourth-order valence-corrected chi connectivity index (χ4v) is 5.89. The van der Waals surface area contributed by atoms with Crippen molar-refractivity contribution in [1.82, 2.24) is 10.5 Å². The van der Waals surface area contributed by atoms with Crippen LogP contribution in [0.5, 0.6) is 0 Å². The molecule has 39 heavy (non-hydrogen) atoms. The summed E-state index contributed by atoms with van der Waals surface area (Å²) in [6.45, 7) is 11.8.